The monoisotopic (exact) mass is 407 g/mol. The average Bonchev–Trinajstić information content (AvgIpc) is 2.65. The molecule has 0 saturated heterocycles. The van der Waals surface area contributed by atoms with Crippen molar-refractivity contribution in [2.45, 2.75) is 71.1 Å². The van der Waals surface area contributed by atoms with Crippen LogP contribution in [0.1, 0.15) is 65.0 Å². The molecule has 1 aliphatic carbocycles. The van der Waals surface area contributed by atoms with Gasteiger partial charge in [0.1, 0.15) is 11.9 Å². The van der Waals surface area contributed by atoms with Crippen molar-refractivity contribution in [1.29, 1.82) is 0 Å². The van der Waals surface area contributed by atoms with Gasteiger partial charge >= 0.3 is 6.09 Å². The molecule has 2 rings (SSSR count). The van der Waals surface area contributed by atoms with E-state index in [1.807, 2.05) is 20.8 Å². The molecule has 1 fully saturated rings. The van der Waals surface area contributed by atoms with Crippen LogP contribution in [0.4, 0.5) is 10.6 Å². The van der Waals surface area contributed by atoms with E-state index < -0.39 is 36.4 Å². The number of aliphatic hydroxyl groups is 2. The number of carbonyl (C=O) groups is 2. The Hall–Kier alpha value is -2.19. The largest absolute Gasteiger partial charge is 0.436 e. The van der Waals surface area contributed by atoms with Crippen LogP contribution in [0.25, 0.3) is 0 Å². The van der Waals surface area contributed by atoms with Gasteiger partial charge in [0.05, 0.1) is 6.61 Å². The average molecular weight is 408 g/mol. The van der Waals surface area contributed by atoms with Gasteiger partial charge in [-0.1, -0.05) is 19.8 Å². The van der Waals surface area contributed by atoms with Crippen molar-refractivity contribution in [2.24, 2.45) is 11.8 Å². The molecular formula is C21H33N3O5. The Morgan fingerprint density at radius 1 is 1.28 bits per heavy atom. The zero-order valence-corrected chi connectivity index (χ0v) is 17.6. The Bertz CT molecular complexity index is 696. The fourth-order valence-corrected chi connectivity index (χ4v) is 3.43. The number of carbonyl (C=O) groups excluding carboxylic acids is 2. The number of rotatable bonds is 6. The van der Waals surface area contributed by atoms with Crippen LogP contribution in [0.2, 0.25) is 0 Å². The number of alkyl carbamates (subject to hydrolysis) is 1. The molecule has 1 aliphatic rings. The maximum absolute atomic E-state index is 13.0. The van der Waals surface area contributed by atoms with E-state index in [2.05, 4.69) is 22.5 Å². The van der Waals surface area contributed by atoms with Gasteiger partial charge in [-0.2, -0.15) is 0 Å². The molecular weight excluding hydrogens is 374 g/mol. The number of ether oxygens (including phenoxy) is 1. The maximum atomic E-state index is 13.0. The predicted octanol–water partition coefficient (Wildman–Crippen LogP) is 2.77. The van der Waals surface area contributed by atoms with Gasteiger partial charge in [-0.05, 0) is 57.2 Å². The van der Waals surface area contributed by atoms with E-state index >= 15 is 0 Å². The van der Waals surface area contributed by atoms with Crippen molar-refractivity contribution in [2.75, 3.05) is 11.9 Å². The normalized spacial score (nSPS) is 21.7. The Kier molecular flexibility index (Phi) is 7.98. The van der Waals surface area contributed by atoms with E-state index in [-0.39, 0.29) is 11.7 Å². The molecule has 0 aliphatic heterocycles. The second kappa shape index (κ2) is 10.0. The van der Waals surface area contributed by atoms with Crippen molar-refractivity contribution >= 4 is 17.8 Å². The summed E-state index contributed by atoms with van der Waals surface area (Å²) in [6, 6.07) is 3.05. The van der Waals surface area contributed by atoms with Crippen LogP contribution in [0.15, 0.2) is 18.3 Å². The molecule has 1 saturated carbocycles. The summed E-state index contributed by atoms with van der Waals surface area (Å²) in [6.07, 6.45) is 2.39. The smallest absolute Gasteiger partial charge is 0.408 e. The highest BCUT2D eigenvalue weighted by atomic mass is 16.6. The van der Waals surface area contributed by atoms with Gasteiger partial charge in [0, 0.05) is 17.7 Å². The maximum Gasteiger partial charge on any atom is 0.408 e. The quantitative estimate of drug-likeness (QED) is 0.575. The lowest BCUT2D eigenvalue weighted by molar-refractivity contribution is -0.128. The van der Waals surface area contributed by atoms with E-state index in [1.54, 1.807) is 6.07 Å². The third kappa shape index (κ3) is 7.29. The number of aliphatic hydroxyl groups excluding tert-OH is 2. The highest BCUT2D eigenvalue weighted by Crippen LogP contribution is 2.32. The summed E-state index contributed by atoms with van der Waals surface area (Å²) in [5.74, 6) is 0.311. The first kappa shape index (κ1) is 23.1. The number of nitrogens with one attached hydrogen (secondary N) is 2. The van der Waals surface area contributed by atoms with Gasteiger partial charge in [0.15, 0.2) is 6.10 Å². The molecule has 4 N–H and O–H groups in total. The summed E-state index contributed by atoms with van der Waals surface area (Å²) in [5, 5.41) is 24.3. The van der Waals surface area contributed by atoms with Crippen molar-refractivity contribution < 1.29 is 24.5 Å². The van der Waals surface area contributed by atoms with Crippen molar-refractivity contribution in [3.8, 4) is 0 Å². The first-order valence-electron chi connectivity index (χ1n) is 10.1. The van der Waals surface area contributed by atoms with Crippen molar-refractivity contribution in [1.82, 2.24) is 10.3 Å². The van der Waals surface area contributed by atoms with Gasteiger partial charge in [-0.15, -0.1) is 0 Å². The van der Waals surface area contributed by atoms with Crippen molar-refractivity contribution in [3.05, 3.63) is 23.9 Å². The predicted molar refractivity (Wildman–Crippen MR) is 109 cm³/mol. The van der Waals surface area contributed by atoms with E-state index in [0.29, 0.717) is 11.5 Å². The number of amides is 2. The third-order valence-electron chi connectivity index (χ3n) is 5.05. The van der Waals surface area contributed by atoms with Gasteiger partial charge in [-0.3, -0.25) is 4.79 Å². The van der Waals surface area contributed by atoms with Crippen LogP contribution < -0.4 is 10.6 Å². The number of anilines is 1. The zero-order valence-electron chi connectivity index (χ0n) is 17.6. The van der Waals surface area contributed by atoms with Crippen LogP contribution in [-0.4, -0.2) is 45.4 Å². The summed E-state index contributed by atoms with van der Waals surface area (Å²) in [5.41, 5.74) is -0.0394. The van der Waals surface area contributed by atoms with Crippen molar-refractivity contribution in [3.63, 3.8) is 0 Å². The Morgan fingerprint density at radius 2 is 1.93 bits per heavy atom. The lowest BCUT2D eigenvalue weighted by Gasteiger charge is -2.32. The number of hydrogen-bond donors (Lipinski definition) is 4. The molecule has 0 spiro atoms. The summed E-state index contributed by atoms with van der Waals surface area (Å²) in [6.45, 7) is 7.27. The van der Waals surface area contributed by atoms with E-state index in [1.165, 1.54) is 12.3 Å². The molecule has 0 aromatic carbocycles. The minimum Gasteiger partial charge on any atom is -0.436 e. The van der Waals surface area contributed by atoms with Crippen LogP contribution in [-0.2, 0) is 9.53 Å². The van der Waals surface area contributed by atoms with Gasteiger partial charge in [0.2, 0.25) is 0 Å². The molecule has 1 heterocycles. The van der Waals surface area contributed by atoms with Gasteiger partial charge in [-0.25, -0.2) is 9.78 Å². The SMILES string of the molecule is CC1CCC(C(OC(=O)NC(C)(C)C)C(=O)Nc2cc(C(O)CO)ccn2)CC1. The highest BCUT2D eigenvalue weighted by molar-refractivity contribution is 5.94. The lowest BCUT2D eigenvalue weighted by atomic mass is 9.80. The van der Waals surface area contributed by atoms with Crippen LogP contribution >= 0.6 is 0 Å². The molecule has 162 valence electrons. The summed E-state index contributed by atoms with van der Waals surface area (Å²) < 4.78 is 5.55. The molecule has 8 nitrogen and oxygen atoms in total. The molecule has 1 aromatic heterocycles. The number of aromatic nitrogens is 1. The molecule has 8 heteroatoms. The highest BCUT2D eigenvalue weighted by Gasteiger charge is 2.35. The summed E-state index contributed by atoms with van der Waals surface area (Å²) >= 11 is 0. The Balaban J connectivity index is 2.14. The minimum atomic E-state index is -1.06. The first-order valence-corrected chi connectivity index (χ1v) is 10.1. The van der Waals surface area contributed by atoms with Crippen LogP contribution in [0.5, 0.6) is 0 Å². The molecule has 0 bridgehead atoms. The molecule has 2 amide bonds. The summed E-state index contributed by atoms with van der Waals surface area (Å²) in [4.78, 5) is 29.4. The Labute approximate surface area is 172 Å². The van der Waals surface area contributed by atoms with Crippen LogP contribution in [0, 0.1) is 11.8 Å². The molecule has 29 heavy (non-hydrogen) atoms. The van der Waals surface area contributed by atoms with E-state index in [4.69, 9.17) is 9.84 Å². The fraction of sp³-hybridized carbons (Fsp3) is 0.667. The van der Waals surface area contributed by atoms with Gasteiger partial charge in [0.25, 0.3) is 5.91 Å². The van der Waals surface area contributed by atoms with E-state index in [0.717, 1.165) is 25.7 Å². The minimum absolute atomic E-state index is 0.0665. The lowest BCUT2D eigenvalue weighted by Crippen LogP contribution is -2.47. The van der Waals surface area contributed by atoms with E-state index in [9.17, 15) is 14.7 Å². The zero-order chi connectivity index (χ0) is 21.6. The molecule has 2 unspecified atom stereocenters. The second-order valence-corrected chi connectivity index (χ2v) is 8.88. The molecule has 1 aromatic rings. The topological polar surface area (TPSA) is 121 Å². The standard InChI is InChI=1S/C21H33N3O5/c1-13-5-7-14(8-6-13)18(29-20(28)24-21(2,3)4)19(27)23-17-11-15(9-10-22-17)16(26)12-25/h9-11,13-14,16,18,25-26H,5-8,12H2,1-4H3,(H,24,28)(H,22,23,27). The summed E-state index contributed by atoms with van der Waals surface area (Å²) in [7, 11) is 0. The van der Waals surface area contributed by atoms with Gasteiger partial charge < -0.3 is 25.6 Å². The van der Waals surface area contributed by atoms with Crippen LogP contribution in [0.3, 0.4) is 0 Å². The molecule has 2 atom stereocenters. The fourth-order valence-electron chi connectivity index (χ4n) is 3.43. The number of nitrogens with zero attached hydrogens (tertiary/aromatic N) is 1. The first-order chi connectivity index (χ1) is 13.6. The Morgan fingerprint density at radius 3 is 2.52 bits per heavy atom. The third-order valence-corrected chi connectivity index (χ3v) is 5.05. The second-order valence-electron chi connectivity index (χ2n) is 8.88. The molecule has 0 radical (unpaired) electrons. The number of pyridine rings is 1. The number of hydrogen-bond acceptors (Lipinski definition) is 6.